The van der Waals surface area contributed by atoms with Gasteiger partial charge >= 0.3 is 0 Å². The third-order valence-corrected chi connectivity index (χ3v) is 3.75. The minimum Gasteiger partial charge on any atom is -0.333 e. The predicted octanol–water partition coefficient (Wildman–Crippen LogP) is 1.27. The van der Waals surface area contributed by atoms with Crippen LogP contribution in [0.3, 0.4) is 0 Å². The summed E-state index contributed by atoms with van der Waals surface area (Å²) in [5.74, 6) is 1.12. The van der Waals surface area contributed by atoms with Crippen LogP contribution in [-0.4, -0.2) is 46.0 Å². The fourth-order valence-corrected chi connectivity index (χ4v) is 2.59. The number of carbonyl (C=O) groups excluding carboxylic acids is 1. The lowest BCUT2D eigenvalue weighted by molar-refractivity contribution is 0.0644. The van der Waals surface area contributed by atoms with Crippen LogP contribution in [0.4, 0.5) is 0 Å². The Morgan fingerprint density at radius 3 is 2.95 bits per heavy atom. The van der Waals surface area contributed by atoms with E-state index in [1.54, 1.807) is 10.8 Å². The van der Waals surface area contributed by atoms with Crippen LogP contribution in [0, 0.1) is 5.92 Å². The fraction of sp³-hybridized carbons (Fsp3) is 0.714. The molecule has 1 aliphatic heterocycles. The van der Waals surface area contributed by atoms with Gasteiger partial charge in [0.05, 0.1) is 0 Å². The molecule has 1 fully saturated rings. The first kappa shape index (κ1) is 14.1. The Labute approximate surface area is 115 Å². The van der Waals surface area contributed by atoms with E-state index >= 15 is 0 Å². The van der Waals surface area contributed by atoms with E-state index in [2.05, 4.69) is 24.1 Å². The van der Waals surface area contributed by atoms with Crippen molar-refractivity contribution in [3.05, 3.63) is 18.2 Å². The smallest absolute Gasteiger partial charge is 0.290 e. The maximum atomic E-state index is 12.6. The van der Waals surface area contributed by atoms with Gasteiger partial charge < -0.3 is 14.8 Å². The number of carbonyl (C=O) groups is 1. The fourth-order valence-electron chi connectivity index (χ4n) is 2.59. The molecule has 1 saturated heterocycles. The summed E-state index contributed by atoms with van der Waals surface area (Å²) in [4.78, 5) is 18.7. The van der Waals surface area contributed by atoms with Gasteiger partial charge in [-0.3, -0.25) is 4.79 Å². The van der Waals surface area contributed by atoms with E-state index in [1.165, 1.54) is 12.8 Å². The second kappa shape index (κ2) is 6.19. The summed E-state index contributed by atoms with van der Waals surface area (Å²) in [6.07, 6.45) is 5.89. The van der Waals surface area contributed by atoms with Gasteiger partial charge in [0.2, 0.25) is 0 Å². The van der Waals surface area contributed by atoms with Gasteiger partial charge in [-0.25, -0.2) is 4.98 Å². The summed E-state index contributed by atoms with van der Waals surface area (Å²) in [7, 11) is 1.86. The topological polar surface area (TPSA) is 50.2 Å². The molecule has 0 saturated carbocycles. The Morgan fingerprint density at radius 1 is 1.63 bits per heavy atom. The van der Waals surface area contributed by atoms with Crippen molar-refractivity contribution in [2.75, 3.05) is 19.6 Å². The van der Waals surface area contributed by atoms with E-state index < -0.39 is 0 Å². The van der Waals surface area contributed by atoms with Gasteiger partial charge in [0.1, 0.15) is 0 Å². The molecule has 1 aromatic rings. The van der Waals surface area contributed by atoms with Crippen molar-refractivity contribution in [3.63, 3.8) is 0 Å². The number of aryl methyl sites for hydroxylation is 1. The van der Waals surface area contributed by atoms with Crippen molar-refractivity contribution < 1.29 is 4.79 Å². The number of aromatic nitrogens is 2. The monoisotopic (exact) mass is 264 g/mol. The molecule has 1 N–H and O–H groups in total. The second-order valence-corrected chi connectivity index (χ2v) is 5.63. The summed E-state index contributed by atoms with van der Waals surface area (Å²) >= 11 is 0. The zero-order chi connectivity index (χ0) is 13.8. The highest BCUT2D eigenvalue weighted by molar-refractivity contribution is 5.91. The highest BCUT2D eigenvalue weighted by Gasteiger charge is 2.25. The number of hydrogen-bond acceptors (Lipinski definition) is 3. The lowest BCUT2D eigenvalue weighted by Gasteiger charge is -2.32. The van der Waals surface area contributed by atoms with Crippen LogP contribution in [0.15, 0.2) is 12.4 Å². The summed E-state index contributed by atoms with van der Waals surface area (Å²) in [5, 5.41) is 3.41. The number of piperidine rings is 1. The average Bonchev–Trinajstić information content (AvgIpc) is 2.82. The van der Waals surface area contributed by atoms with E-state index in [0.29, 0.717) is 11.7 Å². The highest BCUT2D eigenvalue weighted by Crippen LogP contribution is 2.15. The first-order valence-electron chi connectivity index (χ1n) is 7.08. The average molecular weight is 264 g/mol. The number of hydrogen-bond donors (Lipinski definition) is 1. The van der Waals surface area contributed by atoms with E-state index in [-0.39, 0.29) is 11.9 Å². The minimum atomic E-state index is 0.0353. The van der Waals surface area contributed by atoms with Crippen molar-refractivity contribution in [1.29, 1.82) is 0 Å². The van der Waals surface area contributed by atoms with Crippen LogP contribution in [0.25, 0.3) is 0 Å². The Bertz CT molecular complexity index is 421. The zero-order valence-electron chi connectivity index (χ0n) is 12.1. The molecular formula is C14H24N4O. The Hall–Kier alpha value is -1.36. The summed E-state index contributed by atoms with van der Waals surface area (Å²) in [6.45, 7) is 7.06. The van der Waals surface area contributed by atoms with E-state index in [9.17, 15) is 4.79 Å². The molecule has 2 rings (SSSR count). The van der Waals surface area contributed by atoms with Crippen LogP contribution in [0.2, 0.25) is 0 Å². The number of nitrogens with zero attached hydrogens (tertiary/aromatic N) is 3. The largest absolute Gasteiger partial charge is 0.333 e. The Kier molecular flexibility index (Phi) is 4.58. The van der Waals surface area contributed by atoms with Crippen molar-refractivity contribution in [1.82, 2.24) is 19.8 Å². The maximum absolute atomic E-state index is 12.6. The predicted molar refractivity (Wildman–Crippen MR) is 75.0 cm³/mol. The van der Waals surface area contributed by atoms with Crippen LogP contribution in [0.5, 0.6) is 0 Å². The lowest BCUT2D eigenvalue weighted by Crippen LogP contribution is -2.44. The second-order valence-electron chi connectivity index (χ2n) is 5.63. The Balaban J connectivity index is 2.07. The Morgan fingerprint density at radius 2 is 2.42 bits per heavy atom. The first-order valence-corrected chi connectivity index (χ1v) is 7.08. The molecule has 0 bridgehead atoms. The summed E-state index contributed by atoms with van der Waals surface area (Å²) in [6, 6.07) is 0.200. The lowest BCUT2D eigenvalue weighted by atomic mass is 9.98. The van der Waals surface area contributed by atoms with Gasteiger partial charge in [-0.05, 0) is 45.7 Å². The van der Waals surface area contributed by atoms with Gasteiger partial charge in [0, 0.05) is 32.0 Å². The molecule has 1 unspecified atom stereocenters. The van der Waals surface area contributed by atoms with Crippen LogP contribution < -0.4 is 5.32 Å². The molecule has 2 heterocycles. The molecule has 5 heteroatoms. The summed E-state index contributed by atoms with van der Waals surface area (Å²) < 4.78 is 1.79. The number of imidazole rings is 1. The SMILES string of the molecule is CC(C)N(CC1CCCNC1)C(=O)c1nccn1C. The molecule has 5 nitrogen and oxygen atoms in total. The van der Waals surface area contributed by atoms with Gasteiger partial charge in [-0.15, -0.1) is 0 Å². The molecule has 1 atom stereocenters. The molecule has 106 valence electrons. The standard InChI is InChI=1S/C14H24N4O/c1-11(2)18(10-12-5-4-6-15-9-12)14(19)13-16-7-8-17(13)3/h7-8,11-12,15H,4-6,9-10H2,1-3H3. The van der Waals surface area contributed by atoms with Crippen molar-refractivity contribution in [2.24, 2.45) is 13.0 Å². The third kappa shape index (κ3) is 3.35. The normalized spacial score (nSPS) is 19.7. The molecule has 0 aromatic carbocycles. The molecule has 0 radical (unpaired) electrons. The highest BCUT2D eigenvalue weighted by atomic mass is 16.2. The van der Waals surface area contributed by atoms with Gasteiger partial charge in [-0.1, -0.05) is 0 Å². The quantitative estimate of drug-likeness (QED) is 0.891. The van der Waals surface area contributed by atoms with Crippen LogP contribution >= 0.6 is 0 Å². The van der Waals surface area contributed by atoms with Crippen molar-refractivity contribution in [3.8, 4) is 0 Å². The van der Waals surface area contributed by atoms with E-state index in [1.807, 2.05) is 18.1 Å². The molecule has 1 aliphatic rings. The number of nitrogens with one attached hydrogen (secondary N) is 1. The minimum absolute atomic E-state index is 0.0353. The molecular weight excluding hydrogens is 240 g/mol. The third-order valence-electron chi connectivity index (χ3n) is 3.75. The van der Waals surface area contributed by atoms with E-state index in [4.69, 9.17) is 0 Å². The molecule has 1 aromatic heterocycles. The van der Waals surface area contributed by atoms with Crippen LogP contribution in [-0.2, 0) is 7.05 Å². The number of rotatable bonds is 4. The van der Waals surface area contributed by atoms with Crippen molar-refractivity contribution >= 4 is 5.91 Å². The maximum Gasteiger partial charge on any atom is 0.290 e. The molecule has 0 aliphatic carbocycles. The van der Waals surface area contributed by atoms with Crippen LogP contribution in [0.1, 0.15) is 37.3 Å². The summed E-state index contributed by atoms with van der Waals surface area (Å²) in [5.41, 5.74) is 0. The molecule has 19 heavy (non-hydrogen) atoms. The van der Waals surface area contributed by atoms with E-state index in [0.717, 1.165) is 19.6 Å². The molecule has 0 spiro atoms. The molecule has 1 amide bonds. The zero-order valence-corrected chi connectivity index (χ0v) is 12.1. The van der Waals surface area contributed by atoms with Gasteiger partial charge in [0.25, 0.3) is 5.91 Å². The van der Waals surface area contributed by atoms with Gasteiger partial charge in [0.15, 0.2) is 5.82 Å². The van der Waals surface area contributed by atoms with Crippen molar-refractivity contribution in [2.45, 2.75) is 32.7 Å². The van der Waals surface area contributed by atoms with Gasteiger partial charge in [-0.2, -0.15) is 0 Å². The number of amides is 1. The first-order chi connectivity index (χ1) is 9.09.